The number of piperidine rings is 2. The minimum absolute atomic E-state index is 0.112. The van der Waals surface area contributed by atoms with Crippen molar-refractivity contribution in [3.05, 3.63) is 47.3 Å². The summed E-state index contributed by atoms with van der Waals surface area (Å²) in [6, 6.07) is 8.59. The van der Waals surface area contributed by atoms with E-state index in [4.69, 9.17) is 19.4 Å². The number of hydrogen-bond acceptors (Lipinski definition) is 13. The van der Waals surface area contributed by atoms with E-state index < -0.39 is 23.8 Å². The number of rotatable bonds is 24. The molecule has 4 aliphatic heterocycles. The molecule has 1 atom stereocenters. The monoisotopic (exact) mass is 950 g/mol. The van der Waals surface area contributed by atoms with E-state index in [0.29, 0.717) is 55.1 Å². The maximum Gasteiger partial charge on any atom is 0.264 e. The number of fused-ring (bicyclic) bond motifs is 2. The first-order chi connectivity index (χ1) is 33.7. The van der Waals surface area contributed by atoms with Gasteiger partial charge in [0, 0.05) is 81.7 Å². The van der Waals surface area contributed by atoms with Crippen LogP contribution in [0.25, 0.3) is 10.9 Å². The predicted molar refractivity (Wildman–Crippen MR) is 267 cm³/mol. The number of carbonyl (C=O) groups excluding carboxylic acids is 5. The Morgan fingerprint density at radius 3 is 2.25 bits per heavy atom. The number of amides is 5. The average Bonchev–Trinajstić information content (AvgIpc) is 3.98. The second-order valence-corrected chi connectivity index (χ2v) is 19.9. The highest BCUT2D eigenvalue weighted by Crippen LogP contribution is 2.38. The van der Waals surface area contributed by atoms with E-state index >= 15 is 0 Å². The van der Waals surface area contributed by atoms with Crippen molar-refractivity contribution >= 4 is 51.9 Å². The van der Waals surface area contributed by atoms with Gasteiger partial charge in [0.2, 0.25) is 11.8 Å². The second kappa shape index (κ2) is 24.5. The largest absolute Gasteiger partial charge is 0.493 e. The third-order valence-corrected chi connectivity index (χ3v) is 15.0. The number of imide groups is 2. The van der Waals surface area contributed by atoms with E-state index in [9.17, 15) is 24.0 Å². The van der Waals surface area contributed by atoms with Crippen LogP contribution in [0.1, 0.15) is 161 Å². The highest BCUT2D eigenvalue weighted by Gasteiger charge is 2.47. The van der Waals surface area contributed by atoms with Gasteiger partial charge in [0.05, 0.1) is 30.4 Å². The first-order valence-corrected chi connectivity index (χ1v) is 26.2. The number of aromatic nitrogens is 2. The quantitative estimate of drug-likeness (QED) is 0.0594. The van der Waals surface area contributed by atoms with Crippen molar-refractivity contribution in [1.29, 1.82) is 0 Å². The van der Waals surface area contributed by atoms with Crippen LogP contribution in [-0.4, -0.2) is 144 Å². The van der Waals surface area contributed by atoms with Crippen molar-refractivity contribution < 1.29 is 33.4 Å². The molecule has 0 radical (unpaired) electrons. The Morgan fingerprint density at radius 1 is 0.754 bits per heavy atom. The maximum atomic E-state index is 13.4. The summed E-state index contributed by atoms with van der Waals surface area (Å²) in [5, 5.41) is 11.3. The van der Waals surface area contributed by atoms with Gasteiger partial charge < -0.3 is 35.2 Å². The van der Waals surface area contributed by atoms with E-state index in [1.165, 1.54) is 52.2 Å². The number of nitrogens with zero attached hydrogens (tertiary/aromatic N) is 6. The number of methoxy groups -OCH3 is 1. The number of likely N-dealkylation sites (tertiary alicyclic amines) is 3. The molecule has 374 valence electrons. The Bertz CT molecular complexity index is 2270. The van der Waals surface area contributed by atoms with Crippen LogP contribution in [0, 0.1) is 0 Å². The zero-order valence-electron chi connectivity index (χ0n) is 41.2. The topological polar surface area (TPSA) is 179 Å². The Morgan fingerprint density at radius 2 is 1.48 bits per heavy atom. The summed E-state index contributed by atoms with van der Waals surface area (Å²) in [5.41, 5.74) is 2.08. The number of carbonyl (C=O) groups is 5. The maximum absolute atomic E-state index is 13.4. The second-order valence-electron chi connectivity index (χ2n) is 19.9. The molecular weight excluding hydrogens is 875 g/mol. The molecule has 5 heterocycles. The molecular formula is C53H75N9O7. The standard InChI is InChI=1S/C53H75N9O7/c1-59-47(64)23-22-43(52(59)66)62-51(65)39-19-14-20-41(48(39)53(62)67)54-26-10-5-3-4-6-11-27-55-46(63)21-15-30-61-32-24-38(25-33-61)56-50-40-35-44(68-2)45(69-34-16-31-60-28-12-13-29-60)36-42(40)57-49(58-50)37-17-8-7-9-18-37/h14,19-20,35-38,43,54H,3-13,15-18,21-34H2,1-2H3,(H,55,63)(H,56,57,58). The summed E-state index contributed by atoms with van der Waals surface area (Å²) < 4.78 is 12.2. The molecule has 0 bridgehead atoms. The minimum Gasteiger partial charge on any atom is -0.493 e. The molecule has 3 N–H and O–H groups in total. The van der Waals surface area contributed by atoms with Crippen LogP contribution >= 0.6 is 0 Å². The van der Waals surface area contributed by atoms with Gasteiger partial charge in [-0.25, -0.2) is 9.97 Å². The fourth-order valence-electron chi connectivity index (χ4n) is 10.9. The molecule has 69 heavy (non-hydrogen) atoms. The van der Waals surface area contributed by atoms with E-state index in [1.54, 1.807) is 25.3 Å². The van der Waals surface area contributed by atoms with Gasteiger partial charge in [0.15, 0.2) is 11.5 Å². The summed E-state index contributed by atoms with van der Waals surface area (Å²) in [4.78, 5) is 81.5. The predicted octanol–water partition coefficient (Wildman–Crippen LogP) is 7.52. The molecule has 3 aromatic rings. The zero-order chi connectivity index (χ0) is 48.1. The van der Waals surface area contributed by atoms with Crippen LogP contribution in [0.3, 0.4) is 0 Å². The summed E-state index contributed by atoms with van der Waals surface area (Å²) in [7, 11) is 3.09. The number of anilines is 2. The van der Waals surface area contributed by atoms with Gasteiger partial charge in [-0.15, -0.1) is 0 Å². The number of ether oxygens (including phenoxy) is 2. The van der Waals surface area contributed by atoms with Gasteiger partial charge in [-0.3, -0.25) is 33.8 Å². The molecule has 2 aromatic carbocycles. The summed E-state index contributed by atoms with van der Waals surface area (Å²) >= 11 is 0. The first-order valence-electron chi connectivity index (χ1n) is 26.2. The molecule has 1 saturated carbocycles. The van der Waals surface area contributed by atoms with E-state index in [2.05, 4.69) is 37.9 Å². The van der Waals surface area contributed by atoms with E-state index in [-0.39, 0.29) is 30.2 Å². The van der Waals surface area contributed by atoms with E-state index in [0.717, 1.165) is 141 Å². The molecule has 3 saturated heterocycles. The summed E-state index contributed by atoms with van der Waals surface area (Å²) in [6.45, 7) is 8.32. The number of benzene rings is 2. The molecule has 4 fully saturated rings. The van der Waals surface area contributed by atoms with Crippen molar-refractivity contribution in [2.24, 2.45) is 0 Å². The molecule has 8 rings (SSSR count). The molecule has 5 amide bonds. The van der Waals surface area contributed by atoms with Crippen molar-refractivity contribution in [3.63, 3.8) is 0 Å². The minimum atomic E-state index is -0.968. The zero-order valence-corrected chi connectivity index (χ0v) is 41.2. The SMILES string of the molecule is COc1cc2c(NC3CCN(CCCC(=O)NCCCCCCCCNc4cccc5c4C(=O)N(C4CCC(=O)N(C)C4=O)C5=O)CC3)nc(C3CCCCC3)nc2cc1OCCCN1CCCC1. The average molecular weight is 950 g/mol. The normalized spacial score (nSPS) is 19.7. The van der Waals surface area contributed by atoms with Gasteiger partial charge in [-0.2, -0.15) is 0 Å². The molecule has 0 spiro atoms. The van der Waals surface area contributed by atoms with Gasteiger partial charge in [-0.1, -0.05) is 51.0 Å². The van der Waals surface area contributed by atoms with Gasteiger partial charge >= 0.3 is 0 Å². The summed E-state index contributed by atoms with van der Waals surface area (Å²) in [5.74, 6) is 1.99. The van der Waals surface area contributed by atoms with Crippen LogP contribution in [-0.2, 0) is 14.4 Å². The lowest BCUT2D eigenvalue weighted by Gasteiger charge is -2.33. The van der Waals surface area contributed by atoms with Crippen LogP contribution in [0.4, 0.5) is 11.5 Å². The Hall–Kier alpha value is -5.35. The van der Waals surface area contributed by atoms with Gasteiger partial charge in [0.1, 0.15) is 17.7 Å². The third kappa shape index (κ3) is 12.7. The van der Waals surface area contributed by atoms with Crippen LogP contribution in [0.5, 0.6) is 11.5 Å². The van der Waals surface area contributed by atoms with Gasteiger partial charge in [-0.05, 0) is 108 Å². The number of likely N-dealkylation sites (N-methyl/N-ethyl adjacent to an activating group) is 1. The van der Waals surface area contributed by atoms with Crippen molar-refractivity contribution in [1.82, 2.24) is 34.9 Å². The number of unbranched alkanes of at least 4 members (excludes halogenated alkanes) is 5. The van der Waals surface area contributed by atoms with Crippen LogP contribution in [0.2, 0.25) is 0 Å². The van der Waals surface area contributed by atoms with E-state index in [1.807, 2.05) is 0 Å². The number of nitrogens with one attached hydrogen (secondary N) is 3. The molecule has 1 aromatic heterocycles. The number of hydrogen-bond donors (Lipinski definition) is 3. The Kier molecular flexibility index (Phi) is 17.7. The Labute approximate surface area is 408 Å². The van der Waals surface area contributed by atoms with Crippen molar-refractivity contribution in [2.75, 3.05) is 83.8 Å². The first kappa shape index (κ1) is 50.1. The molecule has 16 nitrogen and oxygen atoms in total. The van der Waals surface area contributed by atoms with Crippen molar-refractivity contribution in [3.8, 4) is 11.5 Å². The van der Waals surface area contributed by atoms with Crippen LogP contribution < -0.4 is 25.4 Å². The lowest BCUT2D eigenvalue weighted by molar-refractivity contribution is -0.149. The fraction of sp³-hybridized carbons (Fsp3) is 0.642. The highest BCUT2D eigenvalue weighted by atomic mass is 16.5. The van der Waals surface area contributed by atoms with Crippen molar-refractivity contribution in [2.45, 2.75) is 146 Å². The smallest absolute Gasteiger partial charge is 0.264 e. The Balaban J connectivity index is 0.697. The molecule has 1 aliphatic carbocycles. The molecule has 16 heteroatoms. The lowest BCUT2D eigenvalue weighted by atomic mass is 9.88. The fourth-order valence-corrected chi connectivity index (χ4v) is 10.9. The third-order valence-electron chi connectivity index (χ3n) is 15.0. The molecule has 1 unspecified atom stereocenters. The summed E-state index contributed by atoms with van der Waals surface area (Å²) in [6.07, 6.45) is 19.3. The lowest BCUT2D eigenvalue weighted by Crippen LogP contribution is -2.54. The molecule has 5 aliphatic rings. The highest BCUT2D eigenvalue weighted by molar-refractivity contribution is 6.25. The van der Waals surface area contributed by atoms with Crippen LogP contribution in [0.15, 0.2) is 30.3 Å². The van der Waals surface area contributed by atoms with Gasteiger partial charge in [0.25, 0.3) is 17.7 Å².